The number of carbonyl (C=O) groups is 2. The fraction of sp³-hybridized carbons (Fsp3) is 0.333. The summed E-state index contributed by atoms with van der Waals surface area (Å²) in [5, 5.41) is 3.44. The Morgan fingerprint density at radius 3 is 2.40 bits per heavy atom. The molecule has 0 unspecified atom stereocenters. The van der Waals surface area contributed by atoms with Crippen molar-refractivity contribution in [3.63, 3.8) is 0 Å². The number of hydrogen-bond donors (Lipinski definition) is 1. The number of rotatable bonds is 7. The van der Waals surface area contributed by atoms with Crippen LogP contribution in [0.2, 0.25) is 10.0 Å². The number of nitrogens with zero attached hydrogens (tertiary/aromatic N) is 2. The van der Waals surface area contributed by atoms with E-state index in [4.69, 9.17) is 27.9 Å². The monoisotopic (exact) mass is 453 g/mol. The van der Waals surface area contributed by atoms with Crippen LogP contribution in [-0.4, -0.2) is 56.0 Å². The lowest BCUT2D eigenvalue weighted by molar-refractivity contribution is -0.133. The minimum absolute atomic E-state index is 0.0584. The van der Waals surface area contributed by atoms with E-state index < -0.39 is 5.82 Å². The highest BCUT2D eigenvalue weighted by Gasteiger charge is 2.21. The third kappa shape index (κ3) is 6.24. The van der Waals surface area contributed by atoms with E-state index in [-0.39, 0.29) is 36.4 Å². The van der Waals surface area contributed by atoms with Crippen LogP contribution in [0.25, 0.3) is 0 Å². The van der Waals surface area contributed by atoms with Gasteiger partial charge in [-0.1, -0.05) is 23.2 Å². The van der Waals surface area contributed by atoms with Crippen LogP contribution < -0.4 is 15.0 Å². The van der Waals surface area contributed by atoms with Gasteiger partial charge in [-0.15, -0.1) is 0 Å². The number of amides is 2. The second kappa shape index (κ2) is 10.5. The van der Waals surface area contributed by atoms with Crippen LogP contribution in [0.4, 0.5) is 10.1 Å². The number of piperazine rings is 1. The first-order chi connectivity index (χ1) is 14.4. The standard InChI is InChI=1S/C21H22Cl2FN3O3/c22-15-1-4-17(5-2-15)26-8-10-27(11-9-26)21(29)14-25-20(28)7-12-30-19-6-3-16(24)13-18(19)23/h1-6,13H,7-12,14H2,(H,25,28). The van der Waals surface area contributed by atoms with Crippen molar-refractivity contribution in [3.05, 3.63) is 58.3 Å². The minimum Gasteiger partial charge on any atom is -0.491 e. The molecule has 0 aromatic heterocycles. The summed E-state index contributed by atoms with van der Waals surface area (Å²) >= 11 is 11.8. The van der Waals surface area contributed by atoms with Crippen molar-refractivity contribution in [1.29, 1.82) is 0 Å². The van der Waals surface area contributed by atoms with E-state index in [9.17, 15) is 14.0 Å². The Bertz CT molecular complexity index is 888. The molecule has 0 bridgehead atoms. The van der Waals surface area contributed by atoms with E-state index in [1.54, 1.807) is 4.90 Å². The van der Waals surface area contributed by atoms with E-state index in [0.29, 0.717) is 37.0 Å². The van der Waals surface area contributed by atoms with E-state index in [0.717, 1.165) is 11.8 Å². The molecule has 1 N–H and O–H groups in total. The molecule has 2 amide bonds. The van der Waals surface area contributed by atoms with Gasteiger partial charge in [0.15, 0.2) is 0 Å². The summed E-state index contributed by atoms with van der Waals surface area (Å²) in [6.07, 6.45) is 0.0608. The van der Waals surface area contributed by atoms with Crippen LogP contribution in [0, 0.1) is 5.82 Å². The van der Waals surface area contributed by atoms with Gasteiger partial charge in [0, 0.05) is 36.9 Å². The summed E-state index contributed by atoms with van der Waals surface area (Å²) in [6, 6.07) is 11.4. The number of nitrogens with one attached hydrogen (secondary N) is 1. The molecule has 9 heteroatoms. The van der Waals surface area contributed by atoms with Crippen molar-refractivity contribution >= 4 is 40.7 Å². The summed E-state index contributed by atoms with van der Waals surface area (Å²) in [7, 11) is 0. The molecule has 1 aliphatic rings. The van der Waals surface area contributed by atoms with Crippen molar-refractivity contribution in [2.24, 2.45) is 0 Å². The smallest absolute Gasteiger partial charge is 0.242 e. The van der Waals surface area contributed by atoms with Crippen LogP contribution in [0.1, 0.15) is 6.42 Å². The van der Waals surface area contributed by atoms with Crippen molar-refractivity contribution in [2.75, 3.05) is 44.2 Å². The number of ether oxygens (including phenoxy) is 1. The number of anilines is 1. The fourth-order valence-electron chi connectivity index (χ4n) is 3.09. The number of benzene rings is 2. The third-order valence-corrected chi connectivity index (χ3v) is 5.29. The lowest BCUT2D eigenvalue weighted by atomic mass is 10.2. The summed E-state index contributed by atoms with van der Waals surface area (Å²) in [5.74, 6) is -0.582. The Morgan fingerprint density at radius 2 is 1.73 bits per heavy atom. The molecule has 0 radical (unpaired) electrons. The average molecular weight is 454 g/mol. The molecule has 30 heavy (non-hydrogen) atoms. The molecule has 0 spiro atoms. The Labute approximate surface area is 184 Å². The van der Waals surface area contributed by atoms with Gasteiger partial charge in [0.25, 0.3) is 0 Å². The van der Waals surface area contributed by atoms with Crippen LogP contribution in [0.15, 0.2) is 42.5 Å². The van der Waals surface area contributed by atoms with Crippen LogP contribution in [0.5, 0.6) is 5.75 Å². The molecular weight excluding hydrogens is 432 g/mol. The summed E-state index contributed by atoms with van der Waals surface area (Å²) in [6.45, 7) is 2.62. The van der Waals surface area contributed by atoms with E-state index >= 15 is 0 Å². The zero-order chi connectivity index (χ0) is 21.5. The van der Waals surface area contributed by atoms with Crippen molar-refractivity contribution in [3.8, 4) is 5.75 Å². The topological polar surface area (TPSA) is 61.9 Å². The van der Waals surface area contributed by atoms with Gasteiger partial charge in [0.05, 0.1) is 24.6 Å². The van der Waals surface area contributed by atoms with Crippen molar-refractivity contribution in [1.82, 2.24) is 10.2 Å². The van der Waals surface area contributed by atoms with Crippen molar-refractivity contribution < 1.29 is 18.7 Å². The van der Waals surface area contributed by atoms with Gasteiger partial charge in [0.1, 0.15) is 11.6 Å². The second-order valence-electron chi connectivity index (χ2n) is 6.79. The summed E-state index contributed by atoms with van der Waals surface area (Å²) < 4.78 is 18.4. The molecule has 2 aromatic carbocycles. The average Bonchev–Trinajstić information content (AvgIpc) is 2.74. The molecule has 160 valence electrons. The third-order valence-electron chi connectivity index (χ3n) is 4.74. The van der Waals surface area contributed by atoms with Crippen LogP contribution >= 0.6 is 23.2 Å². The SMILES string of the molecule is O=C(CCOc1ccc(F)cc1Cl)NCC(=O)N1CCN(c2ccc(Cl)cc2)CC1. The first-order valence-electron chi connectivity index (χ1n) is 9.55. The molecule has 3 rings (SSSR count). The molecule has 1 fully saturated rings. The van der Waals surface area contributed by atoms with Gasteiger partial charge in [-0.25, -0.2) is 4.39 Å². The van der Waals surface area contributed by atoms with Gasteiger partial charge in [-0.05, 0) is 42.5 Å². The predicted molar refractivity (Wildman–Crippen MR) is 115 cm³/mol. The summed E-state index contributed by atoms with van der Waals surface area (Å²) in [4.78, 5) is 28.2. The molecule has 1 saturated heterocycles. The maximum Gasteiger partial charge on any atom is 0.242 e. The second-order valence-corrected chi connectivity index (χ2v) is 7.64. The highest BCUT2D eigenvalue weighted by Crippen LogP contribution is 2.24. The maximum atomic E-state index is 13.0. The first kappa shape index (κ1) is 22.2. The lowest BCUT2D eigenvalue weighted by Crippen LogP contribution is -2.51. The number of halogens is 3. The quantitative estimate of drug-likeness (QED) is 0.697. The van der Waals surface area contributed by atoms with E-state index in [1.807, 2.05) is 24.3 Å². The van der Waals surface area contributed by atoms with Crippen molar-refractivity contribution in [2.45, 2.75) is 6.42 Å². The van der Waals surface area contributed by atoms with Gasteiger partial charge in [-0.2, -0.15) is 0 Å². The minimum atomic E-state index is -0.461. The Balaban J connectivity index is 1.35. The molecule has 6 nitrogen and oxygen atoms in total. The van der Waals surface area contributed by atoms with E-state index in [1.165, 1.54) is 12.1 Å². The highest BCUT2D eigenvalue weighted by molar-refractivity contribution is 6.32. The molecular formula is C21H22Cl2FN3O3. The zero-order valence-corrected chi connectivity index (χ0v) is 17.8. The number of hydrogen-bond acceptors (Lipinski definition) is 4. The molecule has 2 aromatic rings. The molecule has 1 aliphatic heterocycles. The van der Waals surface area contributed by atoms with Gasteiger partial charge in [-0.3, -0.25) is 9.59 Å². The Hall–Kier alpha value is -2.51. The van der Waals surface area contributed by atoms with Gasteiger partial charge >= 0.3 is 0 Å². The lowest BCUT2D eigenvalue weighted by Gasteiger charge is -2.36. The molecule has 0 saturated carbocycles. The normalized spacial score (nSPS) is 13.8. The largest absolute Gasteiger partial charge is 0.491 e. The Morgan fingerprint density at radius 1 is 1.03 bits per heavy atom. The van der Waals surface area contributed by atoms with Gasteiger partial charge < -0.3 is 19.9 Å². The highest BCUT2D eigenvalue weighted by atomic mass is 35.5. The van der Waals surface area contributed by atoms with Crippen LogP contribution in [-0.2, 0) is 9.59 Å². The zero-order valence-electron chi connectivity index (χ0n) is 16.2. The molecule has 0 atom stereocenters. The molecule has 1 heterocycles. The number of carbonyl (C=O) groups excluding carboxylic acids is 2. The van der Waals surface area contributed by atoms with E-state index in [2.05, 4.69) is 10.2 Å². The van der Waals surface area contributed by atoms with Gasteiger partial charge in [0.2, 0.25) is 11.8 Å². The maximum absolute atomic E-state index is 13.0. The molecule has 0 aliphatic carbocycles. The van der Waals surface area contributed by atoms with Crippen LogP contribution in [0.3, 0.4) is 0 Å². The summed E-state index contributed by atoms with van der Waals surface area (Å²) in [5.41, 5.74) is 1.07. The predicted octanol–water partition coefficient (Wildman–Crippen LogP) is 3.37. The Kier molecular flexibility index (Phi) is 7.76. The fourth-order valence-corrected chi connectivity index (χ4v) is 3.43. The first-order valence-corrected chi connectivity index (χ1v) is 10.3.